The van der Waals surface area contributed by atoms with Crippen molar-refractivity contribution in [3.63, 3.8) is 0 Å². The lowest BCUT2D eigenvalue weighted by Gasteiger charge is -2.32. The predicted molar refractivity (Wildman–Crippen MR) is 55.3 cm³/mol. The van der Waals surface area contributed by atoms with Crippen LogP contribution in [0.1, 0.15) is 19.3 Å². The summed E-state index contributed by atoms with van der Waals surface area (Å²) in [5.41, 5.74) is 0. The summed E-state index contributed by atoms with van der Waals surface area (Å²) in [5.74, 6) is 0.906. The second-order valence-corrected chi connectivity index (χ2v) is 5.00. The number of hydrogen-bond donors (Lipinski definition) is 1. The molecule has 2 atom stereocenters. The van der Waals surface area contributed by atoms with Gasteiger partial charge in [0.05, 0.1) is 0 Å². The summed E-state index contributed by atoms with van der Waals surface area (Å²) in [6.07, 6.45) is 3.95. The van der Waals surface area contributed by atoms with Gasteiger partial charge in [-0.25, -0.2) is 0 Å². The van der Waals surface area contributed by atoms with Crippen LogP contribution in [0.3, 0.4) is 0 Å². The Kier molecular flexibility index (Phi) is 2.48. The zero-order valence-corrected chi connectivity index (χ0v) is 8.74. The zero-order chi connectivity index (χ0) is 9.38. The molecule has 3 fully saturated rings. The van der Waals surface area contributed by atoms with Gasteiger partial charge in [0.2, 0.25) is 0 Å². The van der Waals surface area contributed by atoms with Gasteiger partial charge < -0.3 is 10.1 Å². The first-order chi connectivity index (χ1) is 6.92. The van der Waals surface area contributed by atoms with Gasteiger partial charge in [-0.2, -0.15) is 0 Å². The summed E-state index contributed by atoms with van der Waals surface area (Å²) in [5, 5.41) is 3.56. The molecule has 0 saturated carbocycles. The fraction of sp³-hybridized carbons (Fsp3) is 1.00. The van der Waals surface area contributed by atoms with Crippen LogP contribution in [0.25, 0.3) is 0 Å². The first-order valence-corrected chi connectivity index (χ1v) is 5.97. The monoisotopic (exact) mass is 196 g/mol. The van der Waals surface area contributed by atoms with Crippen LogP contribution in [0.15, 0.2) is 0 Å². The molecule has 3 heteroatoms. The fourth-order valence-electron chi connectivity index (χ4n) is 3.13. The van der Waals surface area contributed by atoms with Crippen molar-refractivity contribution in [2.24, 2.45) is 5.92 Å². The van der Waals surface area contributed by atoms with Crippen LogP contribution in [0, 0.1) is 5.92 Å². The van der Waals surface area contributed by atoms with Crippen molar-refractivity contribution in [2.45, 2.75) is 31.3 Å². The molecule has 3 heterocycles. The van der Waals surface area contributed by atoms with Crippen LogP contribution in [-0.2, 0) is 4.74 Å². The fourth-order valence-corrected chi connectivity index (χ4v) is 3.13. The highest BCUT2D eigenvalue weighted by atomic mass is 16.5. The summed E-state index contributed by atoms with van der Waals surface area (Å²) in [4.78, 5) is 2.71. The third-order valence-corrected chi connectivity index (χ3v) is 4.00. The molecule has 3 aliphatic rings. The minimum Gasteiger partial charge on any atom is -0.381 e. The van der Waals surface area contributed by atoms with Crippen molar-refractivity contribution in [1.29, 1.82) is 0 Å². The van der Waals surface area contributed by atoms with E-state index in [1.165, 1.54) is 38.9 Å². The minimum atomic E-state index is 0.805. The molecule has 3 rings (SSSR count). The van der Waals surface area contributed by atoms with Gasteiger partial charge >= 0.3 is 0 Å². The average molecular weight is 196 g/mol. The van der Waals surface area contributed by atoms with Gasteiger partial charge in [-0.1, -0.05) is 0 Å². The lowest BCUT2D eigenvalue weighted by molar-refractivity contribution is 0.0489. The number of hydrogen-bond acceptors (Lipinski definition) is 3. The molecule has 3 saturated heterocycles. The second kappa shape index (κ2) is 3.80. The van der Waals surface area contributed by atoms with Gasteiger partial charge in [0, 0.05) is 44.9 Å². The third kappa shape index (κ3) is 1.69. The SMILES string of the molecule is C1CC(CN2CC3CC2CN3)CCO1. The Morgan fingerprint density at radius 3 is 2.79 bits per heavy atom. The van der Waals surface area contributed by atoms with E-state index in [1.54, 1.807) is 0 Å². The predicted octanol–water partition coefficient (Wildman–Crippen LogP) is 0.459. The number of fused-ring (bicyclic) bond motifs is 2. The van der Waals surface area contributed by atoms with Crippen molar-refractivity contribution in [3.05, 3.63) is 0 Å². The Morgan fingerprint density at radius 1 is 1.29 bits per heavy atom. The Labute approximate surface area is 85.8 Å². The lowest BCUT2D eigenvalue weighted by Crippen LogP contribution is -2.45. The Hall–Kier alpha value is -0.120. The molecule has 2 bridgehead atoms. The van der Waals surface area contributed by atoms with Crippen molar-refractivity contribution in [3.8, 4) is 0 Å². The van der Waals surface area contributed by atoms with Crippen LogP contribution < -0.4 is 5.32 Å². The molecular weight excluding hydrogens is 176 g/mol. The number of ether oxygens (including phenoxy) is 1. The summed E-state index contributed by atoms with van der Waals surface area (Å²) >= 11 is 0. The van der Waals surface area contributed by atoms with Crippen LogP contribution in [0.2, 0.25) is 0 Å². The van der Waals surface area contributed by atoms with Crippen LogP contribution in [-0.4, -0.2) is 49.8 Å². The Balaban J connectivity index is 1.52. The third-order valence-electron chi connectivity index (χ3n) is 4.00. The van der Waals surface area contributed by atoms with Gasteiger partial charge in [0.1, 0.15) is 0 Å². The normalized spacial score (nSPS) is 39.4. The van der Waals surface area contributed by atoms with Crippen molar-refractivity contribution >= 4 is 0 Å². The number of likely N-dealkylation sites (tertiary alicyclic amines) is 1. The van der Waals surface area contributed by atoms with Crippen LogP contribution >= 0.6 is 0 Å². The van der Waals surface area contributed by atoms with Gasteiger partial charge in [-0.15, -0.1) is 0 Å². The lowest BCUT2D eigenvalue weighted by atomic mass is 9.99. The summed E-state index contributed by atoms with van der Waals surface area (Å²) < 4.78 is 5.40. The van der Waals surface area contributed by atoms with E-state index in [9.17, 15) is 0 Å². The molecule has 0 aliphatic carbocycles. The standard InChI is InChI=1S/C11H20N2O/c1-3-14-4-2-9(1)7-13-8-10-5-11(13)6-12-10/h9-12H,1-8H2. The molecular formula is C11H20N2O. The van der Waals surface area contributed by atoms with Gasteiger partial charge in [0.15, 0.2) is 0 Å². The largest absolute Gasteiger partial charge is 0.381 e. The molecule has 3 aliphatic heterocycles. The number of nitrogens with zero attached hydrogens (tertiary/aromatic N) is 1. The van der Waals surface area contributed by atoms with E-state index in [0.29, 0.717) is 0 Å². The van der Waals surface area contributed by atoms with E-state index < -0.39 is 0 Å². The number of piperazine rings is 1. The summed E-state index contributed by atoms with van der Waals surface area (Å²) in [6.45, 7) is 5.83. The van der Waals surface area contributed by atoms with Crippen LogP contribution in [0.4, 0.5) is 0 Å². The van der Waals surface area contributed by atoms with Gasteiger partial charge in [-0.3, -0.25) is 4.90 Å². The van der Waals surface area contributed by atoms with Gasteiger partial charge in [0.25, 0.3) is 0 Å². The smallest absolute Gasteiger partial charge is 0.0469 e. The van der Waals surface area contributed by atoms with Crippen molar-refractivity contribution in [2.75, 3.05) is 32.8 Å². The molecule has 14 heavy (non-hydrogen) atoms. The highest BCUT2D eigenvalue weighted by Gasteiger charge is 2.38. The topological polar surface area (TPSA) is 24.5 Å². The first-order valence-electron chi connectivity index (χ1n) is 5.97. The molecule has 1 N–H and O–H groups in total. The van der Waals surface area contributed by atoms with Crippen molar-refractivity contribution in [1.82, 2.24) is 10.2 Å². The van der Waals surface area contributed by atoms with Gasteiger partial charge in [-0.05, 0) is 25.2 Å². The maximum atomic E-state index is 5.40. The molecule has 80 valence electrons. The van der Waals surface area contributed by atoms with E-state index in [0.717, 1.165) is 31.2 Å². The van der Waals surface area contributed by atoms with E-state index in [4.69, 9.17) is 4.74 Å². The quantitative estimate of drug-likeness (QED) is 0.694. The van der Waals surface area contributed by atoms with E-state index in [-0.39, 0.29) is 0 Å². The Morgan fingerprint density at radius 2 is 2.14 bits per heavy atom. The zero-order valence-electron chi connectivity index (χ0n) is 8.74. The summed E-state index contributed by atoms with van der Waals surface area (Å²) in [7, 11) is 0. The molecule has 3 nitrogen and oxygen atoms in total. The maximum Gasteiger partial charge on any atom is 0.0469 e. The summed E-state index contributed by atoms with van der Waals surface area (Å²) in [6, 6.07) is 1.66. The number of rotatable bonds is 2. The molecule has 0 aromatic carbocycles. The highest BCUT2D eigenvalue weighted by molar-refractivity contribution is 4.97. The molecule has 0 aromatic rings. The highest BCUT2D eigenvalue weighted by Crippen LogP contribution is 2.26. The van der Waals surface area contributed by atoms with E-state index in [2.05, 4.69) is 10.2 Å². The molecule has 2 unspecified atom stereocenters. The molecule has 0 aromatic heterocycles. The molecule has 0 amide bonds. The maximum absolute atomic E-state index is 5.40. The second-order valence-electron chi connectivity index (χ2n) is 5.00. The van der Waals surface area contributed by atoms with Crippen LogP contribution in [0.5, 0.6) is 0 Å². The number of nitrogens with one attached hydrogen (secondary N) is 1. The molecule has 0 spiro atoms. The van der Waals surface area contributed by atoms with E-state index in [1.807, 2.05) is 0 Å². The molecule has 0 radical (unpaired) electrons. The van der Waals surface area contributed by atoms with Crippen molar-refractivity contribution < 1.29 is 4.74 Å². The Bertz CT molecular complexity index is 203. The minimum absolute atomic E-state index is 0.805. The first kappa shape index (κ1) is 9.13. The average Bonchev–Trinajstić information content (AvgIpc) is 2.81. The van der Waals surface area contributed by atoms with E-state index >= 15 is 0 Å².